The van der Waals surface area contributed by atoms with Gasteiger partial charge in [0.2, 0.25) is 0 Å². The van der Waals surface area contributed by atoms with Crippen LogP contribution in [-0.4, -0.2) is 39.9 Å². The highest BCUT2D eigenvalue weighted by Crippen LogP contribution is 2.31. The second kappa shape index (κ2) is 18.4. The third-order valence-corrected chi connectivity index (χ3v) is 10.6. The van der Waals surface area contributed by atoms with Crippen molar-refractivity contribution in [3.05, 3.63) is 229 Å². The number of hydrogen-bond acceptors (Lipinski definition) is 8. The van der Waals surface area contributed by atoms with Crippen LogP contribution >= 0.6 is 0 Å². The third-order valence-electron chi connectivity index (χ3n) is 10.6. The van der Waals surface area contributed by atoms with Gasteiger partial charge in [-0.1, -0.05) is 97.1 Å². The van der Waals surface area contributed by atoms with Crippen LogP contribution in [0.2, 0.25) is 0 Å². The summed E-state index contributed by atoms with van der Waals surface area (Å²) in [6, 6.07) is 56.9. The molecule has 0 fully saturated rings. The smallest absolute Gasteiger partial charge is 0.0900 e. The number of nitrogens with zero attached hydrogens (tertiary/aromatic N) is 8. The first-order valence-corrected chi connectivity index (χ1v) is 20.9. The van der Waals surface area contributed by atoms with E-state index in [0.717, 1.165) is 101 Å². The van der Waals surface area contributed by atoms with Gasteiger partial charge in [-0.25, -0.2) is 9.97 Å². The summed E-state index contributed by atoms with van der Waals surface area (Å²) in [4.78, 5) is 37.4. The SMILES string of the molecule is C(=C\c1ccnc(-c2cc(/C=C/c3ccc(-c4cc(-c5ccccn5)nc(-c5ccccn5)c4)cc3)ccn2)c1)/c1ccc(-c2cc(-c3ccccn3)nc(-c3ccccn3)c2)cc1. The third kappa shape index (κ3) is 9.22. The molecule has 0 amide bonds. The van der Waals surface area contributed by atoms with Crippen molar-refractivity contribution in [3.8, 4) is 79.2 Å². The monoisotopic (exact) mass is 822 g/mol. The van der Waals surface area contributed by atoms with Crippen molar-refractivity contribution in [1.29, 1.82) is 0 Å². The Kier molecular flexibility index (Phi) is 11.3. The van der Waals surface area contributed by atoms with Crippen molar-refractivity contribution in [2.45, 2.75) is 0 Å². The molecule has 0 aliphatic carbocycles. The Hall–Kier alpha value is -8.88. The van der Waals surface area contributed by atoms with Crippen LogP contribution in [0.1, 0.15) is 22.3 Å². The molecule has 2 aromatic carbocycles. The van der Waals surface area contributed by atoms with Crippen molar-refractivity contribution in [3.63, 3.8) is 0 Å². The minimum absolute atomic E-state index is 0.799. The van der Waals surface area contributed by atoms with E-state index in [-0.39, 0.29) is 0 Å². The van der Waals surface area contributed by atoms with Crippen LogP contribution in [0.25, 0.3) is 103 Å². The van der Waals surface area contributed by atoms with Gasteiger partial charge in [0.15, 0.2) is 0 Å². The van der Waals surface area contributed by atoms with Crippen LogP contribution in [0.15, 0.2) is 207 Å². The van der Waals surface area contributed by atoms with E-state index in [1.807, 2.05) is 97.3 Å². The Morgan fingerprint density at radius 1 is 0.219 bits per heavy atom. The van der Waals surface area contributed by atoms with E-state index in [1.165, 1.54) is 0 Å². The van der Waals surface area contributed by atoms with Crippen molar-refractivity contribution in [2.24, 2.45) is 0 Å². The van der Waals surface area contributed by atoms with Crippen LogP contribution < -0.4 is 0 Å². The zero-order valence-corrected chi connectivity index (χ0v) is 34.5. The van der Waals surface area contributed by atoms with Gasteiger partial charge in [-0.3, -0.25) is 29.9 Å². The van der Waals surface area contributed by atoms with Gasteiger partial charge in [-0.15, -0.1) is 0 Å². The van der Waals surface area contributed by atoms with Gasteiger partial charge in [-0.05, 0) is 142 Å². The largest absolute Gasteiger partial charge is 0.255 e. The van der Waals surface area contributed by atoms with E-state index < -0.39 is 0 Å². The van der Waals surface area contributed by atoms with Crippen LogP contribution in [0.3, 0.4) is 0 Å². The van der Waals surface area contributed by atoms with Crippen molar-refractivity contribution >= 4 is 24.3 Å². The fourth-order valence-electron chi connectivity index (χ4n) is 7.32. The van der Waals surface area contributed by atoms with Gasteiger partial charge in [-0.2, -0.15) is 0 Å². The van der Waals surface area contributed by atoms with Gasteiger partial charge < -0.3 is 0 Å². The Bertz CT molecular complexity index is 2890. The normalized spacial score (nSPS) is 11.3. The maximum absolute atomic E-state index is 4.91. The zero-order valence-electron chi connectivity index (χ0n) is 34.5. The number of pyridine rings is 8. The molecule has 0 aliphatic rings. The molecular formula is C56H38N8. The number of hydrogen-bond donors (Lipinski definition) is 0. The number of rotatable bonds is 11. The number of benzene rings is 2. The van der Waals surface area contributed by atoms with Crippen LogP contribution in [-0.2, 0) is 0 Å². The fraction of sp³-hybridized carbons (Fsp3) is 0. The van der Waals surface area contributed by atoms with Crippen molar-refractivity contribution in [2.75, 3.05) is 0 Å². The maximum atomic E-state index is 4.91. The highest BCUT2D eigenvalue weighted by Gasteiger charge is 2.12. The molecule has 0 bridgehead atoms. The maximum Gasteiger partial charge on any atom is 0.0900 e. The van der Waals surface area contributed by atoms with Gasteiger partial charge >= 0.3 is 0 Å². The summed E-state index contributed by atoms with van der Waals surface area (Å²) < 4.78 is 0. The minimum atomic E-state index is 0.799. The number of aromatic nitrogens is 8. The lowest BCUT2D eigenvalue weighted by molar-refractivity contribution is 1.22. The topological polar surface area (TPSA) is 103 Å². The first-order valence-electron chi connectivity index (χ1n) is 20.9. The molecule has 0 N–H and O–H groups in total. The first-order chi connectivity index (χ1) is 31.7. The summed E-state index contributed by atoms with van der Waals surface area (Å²) in [5, 5.41) is 0. The Labute approximate surface area is 371 Å². The highest BCUT2D eigenvalue weighted by atomic mass is 14.8. The second-order valence-electron chi connectivity index (χ2n) is 15.0. The molecule has 302 valence electrons. The molecule has 10 aromatic rings. The predicted molar refractivity (Wildman–Crippen MR) is 258 cm³/mol. The molecule has 8 nitrogen and oxygen atoms in total. The lowest BCUT2D eigenvalue weighted by Gasteiger charge is -2.09. The average molecular weight is 823 g/mol. The molecular weight excluding hydrogens is 785 g/mol. The summed E-state index contributed by atoms with van der Waals surface area (Å²) in [5.41, 5.74) is 16.5. The quantitative estimate of drug-likeness (QED) is 0.127. The average Bonchev–Trinajstić information content (AvgIpc) is 3.38. The highest BCUT2D eigenvalue weighted by molar-refractivity contribution is 5.79. The molecule has 0 atom stereocenters. The molecule has 8 aromatic heterocycles. The van der Waals surface area contributed by atoms with Gasteiger partial charge in [0.1, 0.15) is 0 Å². The standard InChI is InChI=1S/C56H38N8/c1-5-27-57-47(9-1)53-35-45(36-54(63-53)48-10-2-6-28-58-48)43-21-17-39(18-22-43)13-15-41-25-31-61-51(33-41)52-34-42(26-32-62-52)16-14-40-19-23-44(24-20-40)46-37-55(49-11-3-7-29-59-49)64-56(38-46)50-12-4-8-30-60-50/h1-38H/b15-13+,16-14+. The van der Waals surface area contributed by atoms with E-state index >= 15 is 0 Å². The lowest BCUT2D eigenvalue weighted by Crippen LogP contribution is -1.93. The summed E-state index contributed by atoms with van der Waals surface area (Å²) in [6.45, 7) is 0. The summed E-state index contributed by atoms with van der Waals surface area (Å²) in [5.74, 6) is 0. The van der Waals surface area contributed by atoms with E-state index in [9.17, 15) is 0 Å². The Morgan fingerprint density at radius 2 is 0.531 bits per heavy atom. The van der Waals surface area contributed by atoms with Crippen molar-refractivity contribution < 1.29 is 0 Å². The Morgan fingerprint density at radius 3 is 0.844 bits per heavy atom. The molecule has 0 unspecified atom stereocenters. The van der Waals surface area contributed by atoms with Crippen LogP contribution in [0.5, 0.6) is 0 Å². The first kappa shape index (κ1) is 39.3. The minimum Gasteiger partial charge on any atom is -0.255 e. The molecule has 8 heterocycles. The molecule has 0 aliphatic heterocycles. The zero-order chi connectivity index (χ0) is 42.9. The fourth-order valence-corrected chi connectivity index (χ4v) is 7.32. The molecule has 0 saturated heterocycles. The van der Waals surface area contributed by atoms with Gasteiger partial charge in [0, 0.05) is 37.2 Å². The molecule has 0 spiro atoms. The summed E-state index contributed by atoms with van der Waals surface area (Å²) in [6.07, 6.45) is 19.2. The van der Waals surface area contributed by atoms with E-state index in [1.54, 1.807) is 24.8 Å². The molecule has 0 saturated carbocycles. The summed E-state index contributed by atoms with van der Waals surface area (Å²) >= 11 is 0. The van der Waals surface area contributed by atoms with E-state index in [0.29, 0.717) is 0 Å². The van der Waals surface area contributed by atoms with Gasteiger partial charge in [0.25, 0.3) is 0 Å². The van der Waals surface area contributed by atoms with Crippen LogP contribution in [0.4, 0.5) is 0 Å². The Balaban J connectivity index is 0.837. The van der Waals surface area contributed by atoms with E-state index in [2.05, 4.69) is 139 Å². The molecule has 0 radical (unpaired) electrons. The lowest BCUT2D eigenvalue weighted by atomic mass is 10.0. The van der Waals surface area contributed by atoms with Crippen LogP contribution in [0, 0.1) is 0 Å². The molecule has 64 heavy (non-hydrogen) atoms. The second-order valence-corrected chi connectivity index (χ2v) is 15.0. The van der Waals surface area contributed by atoms with E-state index in [4.69, 9.17) is 9.97 Å². The molecule has 10 rings (SSSR count). The van der Waals surface area contributed by atoms with Crippen molar-refractivity contribution in [1.82, 2.24) is 39.9 Å². The predicted octanol–water partition coefficient (Wildman–Crippen LogP) is 12.9. The molecule has 8 heteroatoms. The summed E-state index contributed by atoms with van der Waals surface area (Å²) in [7, 11) is 0. The van der Waals surface area contributed by atoms with Gasteiger partial charge in [0.05, 0.1) is 56.9 Å².